The van der Waals surface area contributed by atoms with E-state index in [2.05, 4.69) is 31.9 Å². The van der Waals surface area contributed by atoms with Crippen molar-refractivity contribution in [1.29, 1.82) is 5.26 Å². The van der Waals surface area contributed by atoms with E-state index in [1.165, 1.54) is 6.20 Å². The first kappa shape index (κ1) is 15.7. The fourth-order valence-corrected chi connectivity index (χ4v) is 2.50. The lowest BCUT2D eigenvalue weighted by Gasteiger charge is -2.09. The van der Waals surface area contributed by atoms with Crippen molar-refractivity contribution in [3.05, 3.63) is 59.8 Å². The highest BCUT2D eigenvalue weighted by Crippen LogP contribution is 2.32. The maximum atomic E-state index is 9.15. The number of aromatic nitrogens is 3. The Morgan fingerprint density at radius 2 is 2.00 bits per heavy atom. The molecule has 26 heavy (non-hydrogen) atoms. The van der Waals surface area contributed by atoms with Gasteiger partial charge in [0.05, 0.1) is 17.4 Å². The van der Waals surface area contributed by atoms with E-state index in [4.69, 9.17) is 14.7 Å². The van der Waals surface area contributed by atoms with Gasteiger partial charge in [-0.25, -0.2) is 0 Å². The van der Waals surface area contributed by atoms with Gasteiger partial charge in [-0.2, -0.15) is 15.3 Å². The Morgan fingerprint density at radius 3 is 2.92 bits per heavy atom. The van der Waals surface area contributed by atoms with Crippen LogP contribution in [0.5, 0.6) is 11.5 Å². The Hall–Kier alpha value is -3.86. The van der Waals surface area contributed by atoms with E-state index in [1.807, 2.05) is 24.3 Å². The van der Waals surface area contributed by atoms with Crippen molar-refractivity contribution in [1.82, 2.24) is 15.2 Å². The van der Waals surface area contributed by atoms with Crippen LogP contribution in [0.3, 0.4) is 0 Å². The van der Waals surface area contributed by atoms with E-state index >= 15 is 0 Å². The normalized spacial score (nSPS) is 11.7. The molecule has 8 nitrogen and oxygen atoms in total. The van der Waals surface area contributed by atoms with Gasteiger partial charge in [-0.15, -0.1) is 5.10 Å². The third-order valence-electron chi connectivity index (χ3n) is 3.76. The first-order valence-corrected chi connectivity index (χ1v) is 7.90. The number of benzene rings is 2. The highest BCUT2D eigenvalue weighted by molar-refractivity contribution is 5.63. The van der Waals surface area contributed by atoms with Gasteiger partial charge in [0.15, 0.2) is 17.3 Å². The SMILES string of the molecule is N#Cc1ccccc1Nc1nncc(NCc2ccc3c(c2)OCO3)n1. The summed E-state index contributed by atoms with van der Waals surface area (Å²) in [5, 5.41) is 23.2. The second kappa shape index (κ2) is 6.94. The zero-order valence-corrected chi connectivity index (χ0v) is 13.6. The molecule has 0 saturated heterocycles. The molecule has 0 spiro atoms. The van der Waals surface area contributed by atoms with E-state index in [0.29, 0.717) is 29.6 Å². The third-order valence-corrected chi connectivity index (χ3v) is 3.76. The summed E-state index contributed by atoms with van der Waals surface area (Å²) in [5.41, 5.74) is 2.16. The van der Waals surface area contributed by atoms with Crippen LogP contribution in [0.25, 0.3) is 0 Å². The van der Waals surface area contributed by atoms with Gasteiger partial charge in [-0.1, -0.05) is 18.2 Å². The number of fused-ring (bicyclic) bond motifs is 1. The number of nitriles is 1. The molecule has 3 aromatic rings. The van der Waals surface area contributed by atoms with Gasteiger partial charge in [0, 0.05) is 6.54 Å². The molecule has 2 aromatic carbocycles. The van der Waals surface area contributed by atoms with E-state index in [-0.39, 0.29) is 6.79 Å². The summed E-state index contributed by atoms with van der Waals surface area (Å²) in [6.45, 7) is 0.796. The highest BCUT2D eigenvalue weighted by atomic mass is 16.7. The zero-order chi connectivity index (χ0) is 17.8. The standard InChI is InChI=1S/C18H14N6O2/c19-8-13-3-1-2-4-14(13)22-18-23-17(10-21-24-18)20-9-12-5-6-15-16(7-12)26-11-25-15/h1-7,10H,9,11H2,(H2,20,22,23,24). The Morgan fingerprint density at radius 1 is 1.12 bits per heavy atom. The van der Waals surface area contributed by atoms with E-state index < -0.39 is 0 Å². The van der Waals surface area contributed by atoms with Gasteiger partial charge in [-0.05, 0) is 29.8 Å². The van der Waals surface area contributed by atoms with Crippen LogP contribution in [0.1, 0.15) is 11.1 Å². The minimum absolute atomic E-state index is 0.251. The van der Waals surface area contributed by atoms with Crippen molar-refractivity contribution >= 4 is 17.5 Å². The van der Waals surface area contributed by atoms with Gasteiger partial charge in [0.1, 0.15) is 6.07 Å². The molecule has 0 radical (unpaired) electrons. The molecule has 128 valence electrons. The van der Waals surface area contributed by atoms with Crippen LogP contribution in [-0.2, 0) is 6.54 Å². The van der Waals surface area contributed by atoms with E-state index in [9.17, 15) is 0 Å². The summed E-state index contributed by atoms with van der Waals surface area (Å²) in [6.07, 6.45) is 1.54. The predicted octanol–water partition coefficient (Wildman–Crippen LogP) is 2.83. The van der Waals surface area contributed by atoms with Crippen LogP contribution < -0.4 is 20.1 Å². The molecule has 0 saturated carbocycles. The lowest BCUT2D eigenvalue weighted by Crippen LogP contribution is -2.06. The number of nitrogens with zero attached hydrogens (tertiary/aromatic N) is 4. The number of ether oxygens (including phenoxy) is 2. The first-order chi connectivity index (χ1) is 12.8. The van der Waals surface area contributed by atoms with Gasteiger partial charge < -0.3 is 20.1 Å². The Bertz CT molecular complexity index is 985. The van der Waals surface area contributed by atoms with Crippen LogP contribution in [0.15, 0.2) is 48.7 Å². The molecule has 1 aliphatic rings. The van der Waals surface area contributed by atoms with Gasteiger partial charge >= 0.3 is 0 Å². The largest absolute Gasteiger partial charge is 0.454 e. The topological polar surface area (TPSA) is 105 Å². The van der Waals surface area contributed by atoms with E-state index in [1.54, 1.807) is 18.2 Å². The monoisotopic (exact) mass is 346 g/mol. The van der Waals surface area contributed by atoms with Gasteiger partial charge in [0.2, 0.25) is 12.7 Å². The van der Waals surface area contributed by atoms with E-state index in [0.717, 1.165) is 17.1 Å². The molecule has 0 amide bonds. The number of hydrogen-bond donors (Lipinski definition) is 2. The fraction of sp³-hybridized carbons (Fsp3) is 0.111. The molecule has 1 aliphatic heterocycles. The summed E-state index contributed by atoms with van der Waals surface area (Å²) in [7, 11) is 0. The molecule has 8 heteroatoms. The molecule has 0 bridgehead atoms. The van der Waals surface area contributed by atoms with Gasteiger partial charge in [0.25, 0.3) is 0 Å². The summed E-state index contributed by atoms with van der Waals surface area (Å²) in [4.78, 5) is 4.37. The average molecular weight is 346 g/mol. The molecule has 2 N–H and O–H groups in total. The van der Waals surface area contributed by atoms with Crippen LogP contribution in [-0.4, -0.2) is 22.0 Å². The molecule has 2 heterocycles. The Labute approximate surface area is 149 Å². The fourth-order valence-electron chi connectivity index (χ4n) is 2.50. The molecule has 1 aromatic heterocycles. The lowest BCUT2D eigenvalue weighted by molar-refractivity contribution is 0.174. The van der Waals surface area contributed by atoms with Crippen LogP contribution in [0.4, 0.5) is 17.5 Å². The molecule has 0 atom stereocenters. The molecule has 0 aliphatic carbocycles. The number of nitrogens with one attached hydrogen (secondary N) is 2. The van der Waals surface area contributed by atoms with Crippen molar-refractivity contribution in [2.75, 3.05) is 17.4 Å². The summed E-state index contributed by atoms with van der Waals surface area (Å²) in [6, 6.07) is 15.0. The van der Waals surface area contributed by atoms with Crippen molar-refractivity contribution in [3.8, 4) is 17.6 Å². The second-order valence-electron chi connectivity index (χ2n) is 5.49. The number of rotatable bonds is 5. The molecular weight excluding hydrogens is 332 g/mol. The summed E-state index contributed by atoms with van der Waals surface area (Å²) < 4.78 is 10.7. The summed E-state index contributed by atoms with van der Waals surface area (Å²) >= 11 is 0. The van der Waals surface area contributed by atoms with Crippen LogP contribution >= 0.6 is 0 Å². The highest BCUT2D eigenvalue weighted by Gasteiger charge is 2.13. The quantitative estimate of drug-likeness (QED) is 0.726. The second-order valence-corrected chi connectivity index (χ2v) is 5.49. The van der Waals surface area contributed by atoms with Crippen LogP contribution in [0, 0.1) is 11.3 Å². The molecular formula is C18H14N6O2. The maximum Gasteiger partial charge on any atom is 0.249 e. The summed E-state index contributed by atoms with van der Waals surface area (Å²) in [5.74, 6) is 2.36. The smallest absolute Gasteiger partial charge is 0.249 e. The van der Waals surface area contributed by atoms with Crippen LogP contribution in [0.2, 0.25) is 0 Å². The molecule has 4 rings (SSSR count). The Kier molecular flexibility index (Phi) is 4.18. The number of para-hydroxylation sites is 1. The van der Waals surface area contributed by atoms with Crippen molar-refractivity contribution in [2.45, 2.75) is 6.54 Å². The van der Waals surface area contributed by atoms with Crippen molar-refractivity contribution < 1.29 is 9.47 Å². The molecule has 0 fully saturated rings. The first-order valence-electron chi connectivity index (χ1n) is 7.90. The lowest BCUT2D eigenvalue weighted by atomic mass is 10.2. The van der Waals surface area contributed by atoms with Gasteiger partial charge in [-0.3, -0.25) is 0 Å². The van der Waals surface area contributed by atoms with Crippen molar-refractivity contribution in [3.63, 3.8) is 0 Å². The third kappa shape index (κ3) is 3.32. The zero-order valence-electron chi connectivity index (χ0n) is 13.6. The minimum Gasteiger partial charge on any atom is -0.454 e. The Balaban J connectivity index is 1.45. The predicted molar refractivity (Wildman–Crippen MR) is 94.2 cm³/mol. The number of hydrogen-bond acceptors (Lipinski definition) is 8. The number of anilines is 3. The molecule has 0 unspecified atom stereocenters. The van der Waals surface area contributed by atoms with Crippen molar-refractivity contribution in [2.24, 2.45) is 0 Å². The minimum atomic E-state index is 0.251. The maximum absolute atomic E-state index is 9.15. The average Bonchev–Trinajstić information content (AvgIpc) is 3.15.